The monoisotopic (exact) mass is 292 g/mol. The second kappa shape index (κ2) is 8.67. The molecule has 21 heavy (non-hydrogen) atoms. The smallest absolute Gasteiger partial charge is 0.219 e. The molecule has 4 heteroatoms. The Morgan fingerprint density at radius 2 is 1.95 bits per heavy atom. The van der Waals surface area contributed by atoms with Gasteiger partial charge in [-0.25, -0.2) is 0 Å². The predicted molar refractivity (Wildman–Crippen MR) is 86.7 cm³/mol. The highest BCUT2D eigenvalue weighted by Gasteiger charge is 2.09. The van der Waals surface area contributed by atoms with Crippen molar-refractivity contribution in [3.05, 3.63) is 28.8 Å². The SMILES string of the molecule is CCC(N)Cc1cc(C)c(OCCCC(=O)NC)c(C)c1. The minimum atomic E-state index is 0.0518. The normalized spacial score (nSPS) is 12.0. The Balaban J connectivity index is 2.61. The van der Waals surface area contributed by atoms with E-state index in [1.165, 1.54) is 5.56 Å². The van der Waals surface area contributed by atoms with Crippen LogP contribution in [0.5, 0.6) is 5.75 Å². The molecule has 0 radical (unpaired) electrons. The second-order valence-electron chi connectivity index (χ2n) is 5.56. The van der Waals surface area contributed by atoms with E-state index in [1.807, 2.05) is 0 Å². The topological polar surface area (TPSA) is 64.3 Å². The highest BCUT2D eigenvalue weighted by Crippen LogP contribution is 2.25. The van der Waals surface area contributed by atoms with Crippen LogP contribution in [0.3, 0.4) is 0 Å². The van der Waals surface area contributed by atoms with Crippen LogP contribution in [-0.2, 0) is 11.2 Å². The van der Waals surface area contributed by atoms with E-state index in [0.717, 1.165) is 36.1 Å². The number of aryl methyl sites for hydroxylation is 2. The Kier molecular flexibility index (Phi) is 7.23. The summed E-state index contributed by atoms with van der Waals surface area (Å²) >= 11 is 0. The summed E-state index contributed by atoms with van der Waals surface area (Å²) in [6.07, 6.45) is 3.10. The highest BCUT2D eigenvalue weighted by molar-refractivity contribution is 5.75. The van der Waals surface area contributed by atoms with Gasteiger partial charge in [0.15, 0.2) is 0 Å². The van der Waals surface area contributed by atoms with E-state index in [1.54, 1.807) is 7.05 Å². The molecule has 0 aliphatic heterocycles. The van der Waals surface area contributed by atoms with Gasteiger partial charge in [0, 0.05) is 19.5 Å². The molecule has 0 fully saturated rings. The van der Waals surface area contributed by atoms with E-state index in [-0.39, 0.29) is 11.9 Å². The molecule has 0 aromatic heterocycles. The largest absolute Gasteiger partial charge is 0.493 e. The van der Waals surface area contributed by atoms with E-state index in [2.05, 4.69) is 38.2 Å². The van der Waals surface area contributed by atoms with E-state index in [9.17, 15) is 4.79 Å². The van der Waals surface area contributed by atoms with Crippen molar-refractivity contribution in [1.29, 1.82) is 0 Å². The Morgan fingerprint density at radius 3 is 2.48 bits per heavy atom. The van der Waals surface area contributed by atoms with Crippen molar-refractivity contribution in [2.45, 2.75) is 52.5 Å². The first kappa shape index (κ1) is 17.5. The Hall–Kier alpha value is -1.55. The Morgan fingerprint density at radius 1 is 1.33 bits per heavy atom. The minimum Gasteiger partial charge on any atom is -0.493 e. The van der Waals surface area contributed by atoms with Gasteiger partial charge in [-0.15, -0.1) is 0 Å². The Labute approximate surface area is 128 Å². The molecule has 0 saturated heterocycles. The fourth-order valence-electron chi connectivity index (χ4n) is 2.36. The van der Waals surface area contributed by atoms with Crippen LogP contribution < -0.4 is 15.8 Å². The van der Waals surface area contributed by atoms with Crippen molar-refractivity contribution in [1.82, 2.24) is 5.32 Å². The third-order valence-corrected chi connectivity index (χ3v) is 3.62. The third kappa shape index (κ3) is 5.76. The number of ether oxygens (including phenoxy) is 1. The first-order valence-electron chi connectivity index (χ1n) is 7.67. The van der Waals surface area contributed by atoms with Crippen LogP contribution >= 0.6 is 0 Å². The number of nitrogens with two attached hydrogens (primary N) is 1. The maximum atomic E-state index is 11.2. The molecule has 1 aromatic rings. The van der Waals surface area contributed by atoms with Crippen molar-refractivity contribution < 1.29 is 9.53 Å². The van der Waals surface area contributed by atoms with Crippen molar-refractivity contribution in [2.24, 2.45) is 5.73 Å². The second-order valence-corrected chi connectivity index (χ2v) is 5.56. The van der Waals surface area contributed by atoms with Crippen LogP contribution in [0.25, 0.3) is 0 Å². The maximum Gasteiger partial charge on any atom is 0.219 e. The number of nitrogens with one attached hydrogen (secondary N) is 1. The molecule has 1 amide bonds. The molecule has 0 aliphatic rings. The lowest BCUT2D eigenvalue weighted by atomic mass is 9.99. The van der Waals surface area contributed by atoms with Gasteiger partial charge in [-0.3, -0.25) is 4.79 Å². The molecule has 1 atom stereocenters. The van der Waals surface area contributed by atoms with Crippen LogP contribution in [0, 0.1) is 13.8 Å². The fraction of sp³-hybridized carbons (Fsp3) is 0.588. The zero-order valence-electron chi connectivity index (χ0n) is 13.7. The van der Waals surface area contributed by atoms with Gasteiger partial charge in [-0.05, 0) is 49.8 Å². The number of hydrogen-bond acceptors (Lipinski definition) is 3. The van der Waals surface area contributed by atoms with Gasteiger partial charge >= 0.3 is 0 Å². The standard InChI is InChI=1S/C17H28N2O2/c1-5-15(18)11-14-9-12(2)17(13(3)10-14)21-8-6-7-16(20)19-4/h9-10,15H,5-8,11,18H2,1-4H3,(H,19,20). The maximum absolute atomic E-state index is 11.2. The van der Waals surface area contributed by atoms with Gasteiger partial charge in [0.25, 0.3) is 0 Å². The molecular formula is C17H28N2O2. The molecular weight excluding hydrogens is 264 g/mol. The summed E-state index contributed by atoms with van der Waals surface area (Å²) in [5.41, 5.74) is 9.54. The fourth-order valence-corrected chi connectivity index (χ4v) is 2.36. The summed E-state index contributed by atoms with van der Waals surface area (Å²) in [6.45, 7) is 6.78. The minimum absolute atomic E-state index is 0.0518. The average Bonchev–Trinajstić information content (AvgIpc) is 2.45. The molecule has 4 nitrogen and oxygen atoms in total. The molecule has 0 saturated carbocycles. The molecule has 0 spiro atoms. The summed E-state index contributed by atoms with van der Waals surface area (Å²) in [6, 6.07) is 4.51. The molecule has 0 aliphatic carbocycles. The van der Waals surface area contributed by atoms with Crippen LogP contribution in [0.2, 0.25) is 0 Å². The average molecular weight is 292 g/mol. The number of rotatable bonds is 8. The summed E-state index contributed by atoms with van der Waals surface area (Å²) in [4.78, 5) is 11.2. The van der Waals surface area contributed by atoms with Crippen molar-refractivity contribution in [3.8, 4) is 5.75 Å². The molecule has 0 bridgehead atoms. The van der Waals surface area contributed by atoms with E-state index >= 15 is 0 Å². The van der Waals surface area contributed by atoms with Crippen molar-refractivity contribution >= 4 is 5.91 Å². The number of amides is 1. The predicted octanol–water partition coefficient (Wildman–Crippen LogP) is 2.49. The zero-order chi connectivity index (χ0) is 15.8. The quantitative estimate of drug-likeness (QED) is 0.724. The molecule has 3 N–H and O–H groups in total. The summed E-state index contributed by atoms with van der Waals surface area (Å²) in [7, 11) is 1.65. The van der Waals surface area contributed by atoms with Gasteiger partial charge in [0.1, 0.15) is 5.75 Å². The van der Waals surface area contributed by atoms with Crippen LogP contribution in [0.15, 0.2) is 12.1 Å². The Bertz CT molecular complexity index is 449. The number of benzene rings is 1. The van der Waals surface area contributed by atoms with Crippen LogP contribution in [-0.4, -0.2) is 25.6 Å². The zero-order valence-corrected chi connectivity index (χ0v) is 13.7. The molecule has 0 heterocycles. The summed E-state index contributed by atoms with van der Waals surface area (Å²) in [5.74, 6) is 0.983. The lowest BCUT2D eigenvalue weighted by molar-refractivity contribution is -0.120. The summed E-state index contributed by atoms with van der Waals surface area (Å²) < 4.78 is 5.84. The van der Waals surface area contributed by atoms with Gasteiger partial charge in [-0.2, -0.15) is 0 Å². The van der Waals surface area contributed by atoms with E-state index in [4.69, 9.17) is 10.5 Å². The molecule has 1 unspecified atom stereocenters. The van der Waals surface area contributed by atoms with Crippen molar-refractivity contribution in [3.63, 3.8) is 0 Å². The van der Waals surface area contributed by atoms with Crippen LogP contribution in [0.1, 0.15) is 42.9 Å². The number of carbonyl (C=O) groups is 1. The third-order valence-electron chi connectivity index (χ3n) is 3.62. The van der Waals surface area contributed by atoms with E-state index < -0.39 is 0 Å². The van der Waals surface area contributed by atoms with Crippen molar-refractivity contribution in [2.75, 3.05) is 13.7 Å². The summed E-state index contributed by atoms with van der Waals surface area (Å²) in [5, 5.41) is 2.61. The van der Waals surface area contributed by atoms with Gasteiger partial charge in [-0.1, -0.05) is 19.1 Å². The first-order valence-corrected chi connectivity index (χ1v) is 7.67. The van der Waals surface area contributed by atoms with Gasteiger partial charge in [0.2, 0.25) is 5.91 Å². The number of carbonyl (C=O) groups excluding carboxylic acids is 1. The number of hydrogen-bond donors (Lipinski definition) is 2. The van der Waals surface area contributed by atoms with Gasteiger partial charge < -0.3 is 15.8 Å². The van der Waals surface area contributed by atoms with Crippen LogP contribution in [0.4, 0.5) is 0 Å². The lowest BCUT2D eigenvalue weighted by Crippen LogP contribution is -2.21. The first-order chi connectivity index (χ1) is 9.97. The van der Waals surface area contributed by atoms with E-state index in [0.29, 0.717) is 13.0 Å². The lowest BCUT2D eigenvalue weighted by Gasteiger charge is -2.15. The molecule has 1 aromatic carbocycles. The molecule has 1 rings (SSSR count). The van der Waals surface area contributed by atoms with Gasteiger partial charge in [0.05, 0.1) is 6.61 Å². The highest BCUT2D eigenvalue weighted by atomic mass is 16.5. The molecule has 118 valence electrons.